The van der Waals surface area contributed by atoms with Gasteiger partial charge in [0.2, 0.25) is 0 Å². The van der Waals surface area contributed by atoms with Gasteiger partial charge in [-0.1, -0.05) is 0 Å². The van der Waals surface area contributed by atoms with Crippen LogP contribution in [0.1, 0.15) is 22.5 Å². The van der Waals surface area contributed by atoms with Gasteiger partial charge < -0.3 is 25.0 Å². The van der Waals surface area contributed by atoms with Crippen LogP contribution in [0.3, 0.4) is 0 Å². The standard InChI is InChI=1S/C19H21N5O6S/c25-15-8-23(9-15)18-21-16(11-31-18)17(26)20-13-5-6-22(7-13)19(27)30-10-12-1-3-14(4-2-12)24(28)29/h1-4,11,13,15,25H,5-10H2,(H,20,26)/t13-/m1/s1. The first kappa shape index (κ1) is 21.0. The highest BCUT2D eigenvalue weighted by Crippen LogP contribution is 2.25. The first-order valence-corrected chi connectivity index (χ1v) is 10.6. The van der Waals surface area contributed by atoms with Gasteiger partial charge >= 0.3 is 6.09 Å². The molecule has 12 heteroatoms. The van der Waals surface area contributed by atoms with Crippen LogP contribution in [0.2, 0.25) is 0 Å². The summed E-state index contributed by atoms with van der Waals surface area (Å²) in [5, 5.41) is 25.3. The van der Waals surface area contributed by atoms with Gasteiger partial charge in [0, 0.05) is 49.7 Å². The lowest BCUT2D eigenvalue weighted by Gasteiger charge is -2.35. The number of nitro groups is 1. The SMILES string of the molecule is O=C(N[C@@H]1CCN(C(=O)OCc2ccc([N+](=O)[O-])cc2)C1)c1csc(N2CC(O)C2)n1. The molecule has 1 aromatic heterocycles. The van der Waals surface area contributed by atoms with Crippen molar-refractivity contribution in [2.45, 2.75) is 25.2 Å². The minimum absolute atomic E-state index is 0.0111. The van der Waals surface area contributed by atoms with Gasteiger partial charge in [-0.2, -0.15) is 0 Å². The van der Waals surface area contributed by atoms with Crippen molar-refractivity contribution in [3.63, 3.8) is 0 Å². The Morgan fingerprint density at radius 1 is 1.29 bits per heavy atom. The van der Waals surface area contributed by atoms with Crippen LogP contribution in [0, 0.1) is 10.1 Å². The van der Waals surface area contributed by atoms with Crippen molar-refractivity contribution in [1.82, 2.24) is 15.2 Å². The van der Waals surface area contributed by atoms with Gasteiger partial charge in [0.25, 0.3) is 11.6 Å². The Bertz CT molecular complexity index is 974. The second kappa shape index (κ2) is 8.86. The number of anilines is 1. The van der Waals surface area contributed by atoms with Crippen LogP contribution in [0.15, 0.2) is 29.6 Å². The molecule has 0 bridgehead atoms. The molecule has 2 aliphatic rings. The Morgan fingerprint density at radius 3 is 2.71 bits per heavy atom. The summed E-state index contributed by atoms with van der Waals surface area (Å²) in [5.74, 6) is -0.297. The van der Waals surface area contributed by atoms with Crippen LogP contribution in [0.5, 0.6) is 0 Å². The number of nitrogens with one attached hydrogen (secondary N) is 1. The lowest BCUT2D eigenvalue weighted by molar-refractivity contribution is -0.384. The topological polar surface area (TPSA) is 138 Å². The normalized spacial score (nSPS) is 18.5. The third-order valence-corrected chi connectivity index (χ3v) is 6.05. The summed E-state index contributed by atoms with van der Waals surface area (Å²) in [6.45, 7) is 1.84. The average molecular weight is 447 g/mol. The van der Waals surface area contributed by atoms with E-state index in [0.29, 0.717) is 49.0 Å². The van der Waals surface area contributed by atoms with Crippen molar-refractivity contribution >= 4 is 34.2 Å². The minimum atomic E-state index is -0.498. The monoisotopic (exact) mass is 447 g/mol. The quantitative estimate of drug-likeness (QED) is 0.500. The molecular weight excluding hydrogens is 426 g/mol. The number of benzene rings is 1. The summed E-state index contributed by atoms with van der Waals surface area (Å²) in [6.07, 6.45) is -0.235. The third kappa shape index (κ3) is 4.91. The van der Waals surface area contributed by atoms with E-state index in [-0.39, 0.29) is 30.3 Å². The second-order valence-electron chi connectivity index (χ2n) is 7.46. The molecular formula is C19H21N5O6S. The van der Waals surface area contributed by atoms with E-state index in [2.05, 4.69) is 10.3 Å². The fraction of sp³-hybridized carbons (Fsp3) is 0.421. The van der Waals surface area contributed by atoms with E-state index in [0.717, 1.165) is 0 Å². The van der Waals surface area contributed by atoms with Crippen LogP contribution in [0.25, 0.3) is 0 Å². The molecule has 4 rings (SSSR count). The van der Waals surface area contributed by atoms with Gasteiger partial charge in [-0.25, -0.2) is 9.78 Å². The van der Waals surface area contributed by atoms with Crippen molar-refractivity contribution < 1.29 is 24.4 Å². The van der Waals surface area contributed by atoms with E-state index in [1.807, 2.05) is 4.90 Å². The highest BCUT2D eigenvalue weighted by atomic mass is 32.1. The number of amides is 2. The molecule has 31 heavy (non-hydrogen) atoms. The molecule has 2 N–H and O–H groups in total. The molecule has 2 aliphatic heterocycles. The van der Waals surface area contributed by atoms with Crippen molar-refractivity contribution in [2.75, 3.05) is 31.1 Å². The molecule has 2 aromatic rings. The first-order valence-electron chi connectivity index (χ1n) is 9.73. The number of carbonyl (C=O) groups excluding carboxylic acids is 2. The summed E-state index contributed by atoms with van der Waals surface area (Å²) in [4.78, 5) is 42.7. The molecule has 0 saturated carbocycles. The molecule has 2 amide bonds. The van der Waals surface area contributed by atoms with Crippen molar-refractivity contribution in [3.8, 4) is 0 Å². The molecule has 11 nitrogen and oxygen atoms in total. The van der Waals surface area contributed by atoms with Gasteiger partial charge in [0.15, 0.2) is 5.13 Å². The summed E-state index contributed by atoms with van der Waals surface area (Å²) in [5.41, 5.74) is 0.945. The molecule has 2 saturated heterocycles. The van der Waals surface area contributed by atoms with Crippen LogP contribution >= 0.6 is 11.3 Å². The number of hydrogen-bond acceptors (Lipinski definition) is 9. The van der Waals surface area contributed by atoms with Crippen LogP contribution in [0.4, 0.5) is 15.6 Å². The number of aromatic nitrogens is 1. The number of non-ortho nitro benzene ring substituents is 1. The lowest BCUT2D eigenvalue weighted by Crippen LogP contribution is -2.50. The van der Waals surface area contributed by atoms with Crippen LogP contribution in [-0.4, -0.2) is 70.2 Å². The number of thiazole rings is 1. The summed E-state index contributed by atoms with van der Waals surface area (Å²) < 4.78 is 5.28. The maximum absolute atomic E-state index is 12.5. The number of ether oxygens (including phenoxy) is 1. The van der Waals surface area contributed by atoms with Gasteiger partial charge in [0.1, 0.15) is 12.3 Å². The molecule has 1 aromatic carbocycles. The number of hydrogen-bond donors (Lipinski definition) is 2. The molecule has 3 heterocycles. The number of aliphatic hydroxyl groups is 1. The highest BCUT2D eigenvalue weighted by molar-refractivity contribution is 7.14. The number of rotatable bonds is 6. The van der Waals surface area contributed by atoms with E-state index in [9.17, 15) is 24.8 Å². The Balaban J connectivity index is 1.22. The third-order valence-electron chi connectivity index (χ3n) is 5.15. The first-order chi connectivity index (χ1) is 14.9. The van der Waals surface area contributed by atoms with Gasteiger partial charge in [-0.15, -0.1) is 11.3 Å². The van der Waals surface area contributed by atoms with Gasteiger partial charge in [-0.3, -0.25) is 14.9 Å². The van der Waals surface area contributed by atoms with Crippen LogP contribution in [-0.2, 0) is 11.3 Å². The fourth-order valence-electron chi connectivity index (χ4n) is 3.38. The van der Waals surface area contributed by atoms with E-state index >= 15 is 0 Å². The predicted octanol–water partition coefficient (Wildman–Crippen LogP) is 1.37. The number of nitro benzene ring substituents is 1. The number of carbonyl (C=O) groups is 2. The maximum atomic E-state index is 12.5. The van der Waals surface area contributed by atoms with Gasteiger partial charge in [0.05, 0.1) is 11.0 Å². The number of likely N-dealkylation sites (tertiary alicyclic amines) is 1. The van der Waals surface area contributed by atoms with E-state index in [4.69, 9.17) is 4.74 Å². The van der Waals surface area contributed by atoms with Crippen LogP contribution < -0.4 is 10.2 Å². The van der Waals surface area contributed by atoms with Crippen molar-refractivity contribution in [2.24, 2.45) is 0 Å². The number of nitrogens with zero attached hydrogens (tertiary/aromatic N) is 4. The molecule has 0 unspecified atom stereocenters. The zero-order valence-electron chi connectivity index (χ0n) is 16.5. The Labute approximate surface area is 181 Å². The smallest absolute Gasteiger partial charge is 0.410 e. The van der Waals surface area contributed by atoms with E-state index < -0.39 is 11.0 Å². The summed E-state index contributed by atoms with van der Waals surface area (Å²) in [6, 6.07) is 5.61. The Hall–Kier alpha value is -3.25. The zero-order valence-corrected chi connectivity index (χ0v) is 17.3. The van der Waals surface area contributed by atoms with Crippen molar-refractivity contribution in [1.29, 1.82) is 0 Å². The second-order valence-corrected chi connectivity index (χ2v) is 8.29. The molecule has 0 radical (unpaired) electrons. The molecule has 2 fully saturated rings. The Kier molecular flexibility index (Phi) is 6.00. The fourth-order valence-corrected chi connectivity index (χ4v) is 4.20. The molecule has 1 atom stereocenters. The largest absolute Gasteiger partial charge is 0.445 e. The molecule has 0 aliphatic carbocycles. The number of aliphatic hydroxyl groups excluding tert-OH is 1. The molecule has 0 spiro atoms. The minimum Gasteiger partial charge on any atom is -0.445 e. The highest BCUT2D eigenvalue weighted by Gasteiger charge is 2.30. The molecule has 164 valence electrons. The van der Waals surface area contributed by atoms with Gasteiger partial charge in [-0.05, 0) is 24.1 Å². The average Bonchev–Trinajstić information content (AvgIpc) is 3.40. The van der Waals surface area contributed by atoms with E-state index in [1.54, 1.807) is 17.5 Å². The maximum Gasteiger partial charge on any atom is 0.410 e. The summed E-state index contributed by atoms with van der Waals surface area (Å²) >= 11 is 1.36. The van der Waals surface area contributed by atoms with Crippen molar-refractivity contribution in [3.05, 3.63) is 51.0 Å². The summed E-state index contributed by atoms with van der Waals surface area (Å²) in [7, 11) is 0. The predicted molar refractivity (Wildman–Crippen MR) is 111 cm³/mol. The Morgan fingerprint density at radius 2 is 2.03 bits per heavy atom. The lowest BCUT2D eigenvalue weighted by atomic mass is 10.2. The van der Waals surface area contributed by atoms with E-state index in [1.165, 1.54) is 28.4 Å². The number of β-amino-alcohol motifs (C(OH)–C–C–N with tert-alkyl or cyclic N) is 1. The zero-order chi connectivity index (χ0) is 22.0.